The molecule has 8 heteroatoms. The van der Waals surface area contributed by atoms with Gasteiger partial charge in [0.2, 0.25) is 5.91 Å². The number of guanidine groups is 1. The number of likely N-dealkylation sites (tertiary alicyclic amines) is 1. The summed E-state index contributed by atoms with van der Waals surface area (Å²) < 4.78 is 0. The van der Waals surface area contributed by atoms with E-state index in [0.717, 1.165) is 82.5 Å². The first kappa shape index (κ1) is 21.4. The Morgan fingerprint density at radius 1 is 1.17 bits per heavy atom. The van der Waals surface area contributed by atoms with Crippen molar-refractivity contribution in [3.05, 3.63) is 23.9 Å². The molecule has 2 aliphatic rings. The van der Waals surface area contributed by atoms with E-state index in [1.165, 1.54) is 0 Å². The number of pyridine rings is 1. The van der Waals surface area contributed by atoms with Crippen LogP contribution in [0.3, 0.4) is 0 Å². The fraction of sp³-hybridized carbons (Fsp3) is 0.667. The van der Waals surface area contributed by atoms with Crippen molar-refractivity contribution in [3.63, 3.8) is 0 Å². The van der Waals surface area contributed by atoms with Gasteiger partial charge in [-0.2, -0.15) is 0 Å². The monoisotopic (exact) mass is 401 g/mol. The smallest absolute Gasteiger partial charge is 0.222 e. The molecular weight excluding hydrogens is 366 g/mol. The second-order valence-corrected chi connectivity index (χ2v) is 7.77. The van der Waals surface area contributed by atoms with Gasteiger partial charge in [0.25, 0.3) is 0 Å². The number of piperazine rings is 1. The van der Waals surface area contributed by atoms with Gasteiger partial charge in [0, 0.05) is 65.0 Å². The highest BCUT2D eigenvalue weighted by atomic mass is 16.2. The minimum Gasteiger partial charge on any atom is -0.357 e. The number of hydrogen-bond acceptors (Lipinski definition) is 5. The van der Waals surface area contributed by atoms with Crippen molar-refractivity contribution in [2.45, 2.75) is 32.7 Å². The fourth-order valence-electron chi connectivity index (χ4n) is 3.66. The van der Waals surface area contributed by atoms with E-state index in [9.17, 15) is 4.79 Å². The van der Waals surface area contributed by atoms with Crippen LogP contribution in [-0.4, -0.2) is 86.1 Å². The number of carbonyl (C=O) groups is 1. The SMILES string of the molecule is CCNC(=NCc1ccc(N2CCN(C)CC2)nc1)NCCCN1CCCC1=O. The Balaban J connectivity index is 1.44. The lowest BCUT2D eigenvalue weighted by molar-refractivity contribution is -0.127. The third kappa shape index (κ3) is 6.59. The van der Waals surface area contributed by atoms with Gasteiger partial charge >= 0.3 is 0 Å². The molecule has 0 saturated carbocycles. The molecule has 1 aromatic heterocycles. The molecule has 0 spiro atoms. The third-order valence-electron chi connectivity index (χ3n) is 5.47. The number of hydrogen-bond donors (Lipinski definition) is 2. The number of likely N-dealkylation sites (N-methyl/N-ethyl adjacent to an activating group) is 1. The summed E-state index contributed by atoms with van der Waals surface area (Å²) in [4.78, 5) is 27.6. The second kappa shape index (κ2) is 11.0. The average molecular weight is 402 g/mol. The van der Waals surface area contributed by atoms with Crippen LogP contribution in [0, 0.1) is 0 Å². The molecule has 2 N–H and O–H groups in total. The molecule has 3 rings (SSSR count). The lowest BCUT2D eigenvalue weighted by Crippen LogP contribution is -2.44. The number of aromatic nitrogens is 1. The average Bonchev–Trinajstić information content (AvgIpc) is 3.15. The predicted molar refractivity (Wildman–Crippen MR) is 117 cm³/mol. The van der Waals surface area contributed by atoms with Crippen LogP contribution < -0.4 is 15.5 Å². The van der Waals surface area contributed by atoms with Crippen molar-refractivity contribution in [3.8, 4) is 0 Å². The molecule has 1 aromatic rings. The first-order valence-corrected chi connectivity index (χ1v) is 10.8. The van der Waals surface area contributed by atoms with E-state index in [0.29, 0.717) is 13.0 Å². The zero-order chi connectivity index (χ0) is 20.5. The molecule has 2 aliphatic heterocycles. The van der Waals surface area contributed by atoms with E-state index in [1.54, 1.807) is 0 Å². The molecule has 2 fully saturated rings. The lowest BCUT2D eigenvalue weighted by atomic mass is 10.2. The standard InChI is InChI=1S/C21H35N7O/c1-3-22-21(23-9-5-11-28-10-4-6-20(28)29)25-17-18-7-8-19(24-16-18)27-14-12-26(2)13-15-27/h7-8,16H,3-6,9-15,17H2,1-2H3,(H2,22,23,25). The highest BCUT2D eigenvalue weighted by Gasteiger charge is 2.19. The van der Waals surface area contributed by atoms with Crippen molar-refractivity contribution in [2.24, 2.45) is 4.99 Å². The maximum absolute atomic E-state index is 11.7. The third-order valence-corrected chi connectivity index (χ3v) is 5.47. The van der Waals surface area contributed by atoms with Gasteiger partial charge in [-0.15, -0.1) is 0 Å². The van der Waals surface area contributed by atoms with Gasteiger partial charge in [-0.1, -0.05) is 6.07 Å². The Hall–Kier alpha value is -2.35. The number of nitrogens with zero attached hydrogens (tertiary/aromatic N) is 5. The Labute approximate surface area is 174 Å². The maximum atomic E-state index is 11.7. The second-order valence-electron chi connectivity index (χ2n) is 7.77. The number of amides is 1. The fourth-order valence-corrected chi connectivity index (χ4v) is 3.66. The van der Waals surface area contributed by atoms with Crippen LogP contribution in [0.4, 0.5) is 5.82 Å². The minimum absolute atomic E-state index is 0.290. The molecule has 8 nitrogen and oxygen atoms in total. The van der Waals surface area contributed by atoms with Crippen LogP contribution in [-0.2, 0) is 11.3 Å². The van der Waals surface area contributed by atoms with Crippen molar-refractivity contribution in [2.75, 3.05) is 64.3 Å². The van der Waals surface area contributed by atoms with Gasteiger partial charge in [0.15, 0.2) is 5.96 Å². The minimum atomic E-state index is 0.290. The van der Waals surface area contributed by atoms with Crippen LogP contribution in [0.15, 0.2) is 23.3 Å². The van der Waals surface area contributed by atoms with Crippen molar-refractivity contribution >= 4 is 17.7 Å². The Bertz CT molecular complexity index is 668. The van der Waals surface area contributed by atoms with Crippen LogP contribution in [0.5, 0.6) is 0 Å². The maximum Gasteiger partial charge on any atom is 0.222 e. The number of aliphatic imine (C=N–C) groups is 1. The topological polar surface area (TPSA) is 76.1 Å². The zero-order valence-corrected chi connectivity index (χ0v) is 17.9. The van der Waals surface area contributed by atoms with Crippen LogP contribution >= 0.6 is 0 Å². The summed E-state index contributed by atoms with van der Waals surface area (Å²) in [5.74, 6) is 2.15. The number of nitrogens with one attached hydrogen (secondary N) is 2. The molecule has 0 unspecified atom stereocenters. The van der Waals surface area contributed by atoms with Gasteiger partial charge in [-0.25, -0.2) is 9.98 Å². The van der Waals surface area contributed by atoms with E-state index in [-0.39, 0.29) is 5.91 Å². The van der Waals surface area contributed by atoms with Gasteiger partial charge in [-0.3, -0.25) is 4.79 Å². The zero-order valence-electron chi connectivity index (χ0n) is 17.9. The van der Waals surface area contributed by atoms with Crippen molar-refractivity contribution in [1.82, 2.24) is 25.4 Å². The Kier molecular flexibility index (Phi) is 8.10. The predicted octanol–water partition coefficient (Wildman–Crippen LogP) is 0.901. The van der Waals surface area contributed by atoms with Gasteiger partial charge in [0.1, 0.15) is 5.82 Å². The molecule has 0 bridgehead atoms. The molecule has 160 valence electrons. The molecule has 0 radical (unpaired) electrons. The molecule has 1 amide bonds. The quantitative estimate of drug-likeness (QED) is 0.383. The first-order chi connectivity index (χ1) is 14.2. The summed E-state index contributed by atoms with van der Waals surface area (Å²) in [6, 6.07) is 4.22. The normalized spacial score (nSPS) is 18.4. The number of anilines is 1. The summed E-state index contributed by atoms with van der Waals surface area (Å²) >= 11 is 0. The van der Waals surface area contributed by atoms with E-state index < -0.39 is 0 Å². The van der Waals surface area contributed by atoms with E-state index in [1.807, 2.05) is 11.1 Å². The van der Waals surface area contributed by atoms with Gasteiger partial charge in [0.05, 0.1) is 6.54 Å². The molecule has 0 atom stereocenters. The van der Waals surface area contributed by atoms with Crippen molar-refractivity contribution < 1.29 is 4.79 Å². The highest BCUT2D eigenvalue weighted by Crippen LogP contribution is 2.14. The van der Waals surface area contributed by atoms with E-state index in [4.69, 9.17) is 0 Å². The van der Waals surface area contributed by atoms with Gasteiger partial charge in [-0.05, 0) is 38.4 Å². The van der Waals surface area contributed by atoms with Crippen LogP contribution in [0.2, 0.25) is 0 Å². The molecule has 0 aromatic carbocycles. The van der Waals surface area contributed by atoms with E-state index >= 15 is 0 Å². The summed E-state index contributed by atoms with van der Waals surface area (Å²) in [5.41, 5.74) is 1.10. The summed E-state index contributed by atoms with van der Waals surface area (Å²) in [5, 5.41) is 6.65. The summed E-state index contributed by atoms with van der Waals surface area (Å²) in [6.45, 7) is 10.2. The summed E-state index contributed by atoms with van der Waals surface area (Å²) in [6.07, 6.45) is 4.56. The number of rotatable bonds is 8. The Morgan fingerprint density at radius 3 is 2.66 bits per heavy atom. The highest BCUT2D eigenvalue weighted by molar-refractivity contribution is 5.79. The Morgan fingerprint density at radius 2 is 2.00 bits per heavy atom. The largest absolute Gasteiger partial charge is 0.357 e. The molecule has 3 heterocycles. The van der Waals surface area contributed by atoms with E-state index in [2.05, 4.69) is 56.5 Å². The first-order valence-electron chi connectivity index (χ1n) is 10.8. The van der Waals surface area contributed by atoms with Gasteiger partial charge < -0.3 is 25.3 Å². The molecule has 29 heavy (non-hydrogen) atoms. The number of carbonyl (C=O) groups excluding carboxylic acids is 1. The lowest BCUT2D eigenvalue weighted by Gasteiger charge is -2.33. The molecular formula is C21H35N7O. The summed E-state index contributed by atoms with van der Waals surface area (Å²) in [7, 11) is 2.16. The van der Waals surface area contributed by atoms with Crippen LogP contribution in [0.1, 0.15) is 31.7 Å². The molecule has 0 aliphatic carbocycles. The van der Waals surface area contributed by atoms with Crippen LogP contribution in [0.25, 0.3) is 0 Å². The molecule has 2 saturated heterocycles. The van der Waals surface area contributed by atoms with Crippen molar-refractivity contribution in [1.29, 1.82) is 0 Å².